The molecule has 4 nitrogen and oxygen atoms in total. The Bertz CT molecular complexity index is 801. The molecule has 0 aliphatic carbocycles. The van der Waals surface area contributed by atoms with E-state index in [1.807, 2.05) is 49.5 Å². The van der Waals surface area contributed by atoms with Crippen LogP contribution in [0.15, 0.2) is 77.4 Å². The van der Waals surface area contributed by atoms with Gasteiger partial charge in [0.15, 0.2) is 11.8 Å². The van der Waals surface area contributed by atoms with E-state index in [-0.39, 0.29) is 11.7 Å². The highest BCUT2D eigenvalue weighted by Gasteiger charge is 2.29. The van der Waals surface area contributed by atoms with Gasteiger partial charge in [0.1, 0.15) is 12.4 Å². The third-order valence-corrected chi connectivity index (χ3v) is 4.03. The summed E-state index contributed by atoms with van der Waals surface area (Å²) < 4.78 is 18.5. The molecule has 2 atom stereocenters. The molecule has 3 rings (SSSR count). The van der Waals surface area contributed by atoms with Crippen LogP contribution in [0.25, 0.3) is 0 Å². The number of anilines is 1. The fourth-order valence-corrected chi connectivity index (χ4v) is 2.84. The normalized spacial score (nSPS) is 13.2. The second kappa shape index (κ2) is 7.77. The van der Waals surface area contributed by atoms with Crippen molar-refractivity contribution >= 4 is 11.6 Å². The number of benzene rings is 2. The average molecular weight is 339 g/mol. The minimum atomic E-state index is -0.420. The maximum absolute atomic E-state index is 13.1. The Morgan fingerprint density at radius 1 is 1.08 bits per heavy atom. The van der Waals surface area contributed by atoms with Gasteiger partial charge in [0.2, 0.25) is 0 Å². The first kappa shape index (κ1) is 16.9. The first-order valence-corrected chi connectivity index (χ1v) is 8.09. The summed E-state index contributed by atoms with van der Waals surface area (Å²) in [6, 6.07) is 18.7. The van der Waals surface area contributed by atoms with Gasteiger partial charge in [-0.05, 0) is 36.4 Å². The average Bonchev–Trinajstić information content (AvgIpc) is 3.11. The molecule has 0 spiro atoms. The molecule has 0 saturated carbocycles. The van der Waals surface area contributed by atoms with E-state index in [1.54, 1.807) is 18.4 Å². The van der Waals surface area contributed by atoms with Crippen molar-refractivity contribution in [1.29, 1.82) is 0 Å². The molecule has 1 amide bonds. The molecule has 2 N–H and O–H groups in total. The van der Waals surface area contributed by atoms with Gasteiger partial charge in [-0.1, -0.05) is 30.3 Å². The maximum Gasteiger partial charge on any atom is 0.287 e. The van der Waals surface area contributed by atoms with Crippen molar-refractivity contribution in [3.05, 3.63) is 90.1 Å². The van der Waals surface area contributed by atoms with Crippen LogP contribution < -0.4 is 10.2 Å². The number of hydrogen-bond donors (Lipinski definition) is 2. The van der Waals surface area contributed by atoms with Gasteiger partial charge in [-0.25, -0.2) is 4.39 Å². The standard InChI is InChI=1S/C20H19FN2O2/c1-23(14-18-8-5-13-25-18)19(15-6-3-2-4-7-15)20(24)22-17-11-9-16(21)10-12-17/h2-13,19H,14H2,1H3,(H,22,24)/p+1/t19-/m0/s1. The zero-order chi connectivity index (χ0) is 17.6. The molecule has 0 fully saturated rings. The zero-order valence-corrected chi connectivity index (χ0v) is 13.9. The molecule has 128 valence electrons. The van der Waals surface area contributed by atoms with Crippen molar-refractivity contribution in [2.75, 3.05) is 12.4 Å². The van der Waals surface area contributed by atoms with Crippen molar-refractivity contribution in [1.82, 2.24) is 0 Å². The lowest BCUT2D eigenvalue weighted by Crippen LogP contribution is -3.09. The number of furan rings is 1. The largest absolute Gasteiger partial charge is 0.463 e. The summed E-state index contributed by atoms with van der Waals surface area (Å²) in [7, 11) is 1.95. The Hall–Kier alpha value is -2.92. The molecule has 1 heterocycles. The Labute approximate surface area is 145 Å². The van der Waals surface area contributed by atoms with E-state index in [9.17, 15) is 9.18 Å². The first-order valence-electron chi connectivity index (χ1n) is 8.09. The van der Waals surface area contributed by atoms with Crippen molar-refractivity contribution in [3.8, 4) is 0 Å². The Morgan fingerprint density at radius 2 is 1.80 bits per heavy atom. The summed E-state index contributed by atoms with van der Waals surface area (Å²) in [5, 5.41) is 2.87. The molecule has 0 aliphatic heterocycles. The quantitative estimate of drug-likeness (QED) is 0.725. The van der Waals surface area contributed by atoms with Crippen molar-refractivity contribution in [3.63, 3.8) is 0 Å². The van der Waals surface area contributed by atoms with E-state index < -0.39 is 6.04 Å². The molecular weight excluding hydrogens is 319 g/mol. The third kappa shape index (κ3) is 4.33. The number of amides is 1. The van der Waals surface area contributed by atoms with Crippen LogP contribution in [0.1, 0.15) is 17.4 Å². The fraction of sp³-hybridized carbons (Fsp3) is 0.150. The minimum Gasteiger partial charge on any atom is -0.463 e. The number of nitrogens with one attached hydrogen (secondary N) is 2. The van der Waals surface area contributed by atoms with Gasteiger partial charge >= 0.3 is 0 Å². The maximum atomic E-state index is 13.1. The number of quaternary nitrogens is 1. The van der Waals surface area contributed by atoms with Crippen molar-refractivity contribution < 1.29 is 18.5 Å². The third-order valence-electron chi connectivity index (χ3n) is 4.03. The number of halogens is 1. The summed E-state index contributed by atoms with van der Waals surface area (Å²) in [4.78, 5) is 13.9. The number of carbonyl (C=O) groups excluding carboxylic acids is 1. The Kier molecular flexibility index (Phi) is 5.26. The Balaban J connectivity index is 1.82. The van der Waals surface area contributed by atoms with Gasteiger partial charge in [0.05, 0.1) is 13.3 Å². The lowest BCUT2D eigenvalue weighted by atomic mass is 10.0. The number of likely N-dealkylation sites (N-methyl/N-ethyl adjacent to an activating group) is 1. The van der Waals surface area contributed by atoms with Gasteiger partial charge < -0.3 is 14.6 Å². The molecule has 0 bridgehead atoms. The molecule has 3 aromatic rings. The predicted octanol–water partition coefficient (Wildman–Crippen LogP) is 2.81. The summed E-state index contributed by atoms with van der Waals surface area (Å²) in [6.07, 6.45) is 1.62. The van der Waals surface area contributed by atoms with E-state index in [2.05, 4.69) is 5.32 Å². The van der Waals surface area contributed by atoms with Crippen LogP contribution in [-0.2, 0) is 11.3 Å². The highest BCUT2D eigenvalue weighted by atomic mass is 19.1. The number of hydrogen-bond acceptors (Lipinski definition) is 2. The first-order chi connectivity index (χ1) is 12.1. The Morgan fingerprint density at radius 3 is 2.44 bits per heavy atom. The molecular formula is C20H20FN2O2+. The predicted molar refractivity (Wildman–Crippen MR) is 93.5 cm³/mol. The van der Waals surface area contributed by atoms with Gasteiger partial charge in [-0.2, -0.15) is 0 Å². The minimum absolute atomic E-state index is 0.151. The van der Waals surface area contributed by atoms with Gasteiger partial charge in [-0.3, -0.25) is 4.79 Å². The molecule has 1 aromatic heterocycles. The lowest BCUT2D eigenvalue weighted by Gasteiger charge is -2.24. The van der Waals surface area contributed by atoms with Crippen LogP contribution in [0.5, 0.6) is 0 Å². The van der Waals surface area contributed by atoms with Crippen molar-refractivity contribution in [2.45, 2.75) is 12.6 Å². The van der Waals surface area contributed by atoms with E-state index in [4.69, 9.17) is 4.42 Å². The van der Waals surface area contributed by atoms with Gasteiger partial charge in [0, 0.05) is 11.3 Å². The second-order valence-electron chi connectivity index (χ2n) is 5.94. The van der Waals surface area contributed by atoms with Crippen LogP contribution >= 0.6 is 0 Å². The highest BCUT2D eigenvalue weighted by molar-refractivity contribution is 5.94. The van der Waals surface area contributed by atoms with Crippen LogP contribution in [0.4, 0.5) is 10.1 Å². The summed E-state index contributed by atoms with van der Waals surface area (Å²) in [6.45, 7) is 0.573. The van der Waals surface area contributed by atoms with E-state index in [0.717, 1.165) is 16.2 Å². The second-order valence-corrected chi connectivity index (χ2v) is 5.94. The lowest BCUT2D eigenvalue weighted by molar-refractivity contribution is -0.916. The van der Waals surface area contributed by atoms with Crippen LogP contribution in [-0.4, -0.2) is 13.0 Å². The topological polar surface area (TPSA) is 46.7 Å². The monoisotopic (exact) mass is 339 g/mol. The number of rotatable bonds is 6. The zero-order valence-electron chi connectivity index (χ0n) is 13.9. The van der Waals surface area contributed by atoms with E-state index >= 15 is 0 Å². The highest BCUT2D eigenvalue weighted by Crippen LogP contribution is 2.15. The molecule has 0 aliphatic rings. The molecule has 2 aromatic carbocycles. The SMILES string of the molecule is C[NH+](Cc1ccco1)[C@H](C(=O)Nc1ccc(F)cc1)c1ccccc1. The molecule has 5 heteroatoms. The van der Waals surface area contributed by atoms with Crippen molar-refractivity contribution in [2.24, 2.45) is 0 Å². The fourth-order valence-electron chi connectivity index (χ4n) is 2.84. The molecule has 0 radical (unpaired) electrons. The molecule has 25 heavy (non-hydrogen) atoms. The number of carbonyl (C=O) groups is 1. The summed E-state index contributed by atoms with van der Waals surface area (Å²) in [5.74, 6) is 0.327. The van der Waals surface area contributed by atoms with E-state index in [0.29, 0.717) is 12.2 Å². The van der Waals surface area contributed by atoms with Gasteiger partial charge in [-0.15, -0.1) is 0 Å². The summed E-state index contributed by atoms with van der Waals surface area (Å²) >= 11 is 0. The molecule has 1 unspecified atom stereocenters. The summed E-state index contributed by atoms with van der Waals surface area (Å²) in [5.41, 5.74) is 1.48. The van der Waals surface area contributed by atoms with Gasteiger partial charge in [0.25, 0.3) is 5.91 Å². The van der Waals surface area contributed by atoms with Crippen LogP contribution in [0, 0.1) is 5.82 Å². The van der Waals surface area contributed by atoms with Crippen LogP contribution in [0.3, 0.4) is 0 Å². The van der Waals surface area contributed by atoms with E-state index in [1.165, 1.54) is 12.1 Å². The molecule has 0 saturated heterocycles. The smallest absolute Gasteiger partial charge is 0.287 e. The van der Waals surface area contributed by atoms with Crippen LogP contribution in [0.2, 0.25) is 0 Å².